The summed E-state index contributed by atoms with van der Waals surface area (Å²) in [5.41, 5.74) is -0.404. The van der Waals surface area contributed by atoms with Crippen molar-refractivity contribution < 1.29 is 9.59 Å². The average molecular weight is 204 g/mol. The van der Waals surface area contributed by atoms with Crippen molar-refractivity contribution in [2.24, 2.45) is 0 Å². The molecule has 0 aliphatic carbocycles. The van der Waals surface area contributed by atoms with Crippen LogP contribution in [0.2, 0.25) is 0 Å². The van der Waals surface area contributed by atoms with Gasteiger partial charge in [-0.05, 0) is 12.5 Å². The van der Waals surface area contributed by atoms with Crippen LogP contribution >= 0.6 is 0 Å². The highest BCUT2D eigenvalue weighted by Gasteiger charge is 2.44. The maximum absolute atomic E-state index is 11.8. The molecule has 0 radical (unpaired) electrons. The van der Waals surface area contributed by atoms with Crippen LogP contribution in [0.5, 0.6) is 0 Å². The van der Waals surface area contributed by atoms with Crippen molar-refractivity contribution in [2.45, 2.75) is 12.3 Å². The van der Waals surface area contributed by atoms with Gasteiger partial charge < -0.3 is 10.6 Å². The average Bonchev–Trinajstić information content (AvgIpc) is 2.27. The summed E-state index contributed by atoms with van der Waals surface area (Å²) < 4.78 is 0. The van der Waals surface area contributed by atoms with Crippen molar-refractivity contribution in [1.29, 1.82) is 0 Å². The Kier molecular flexibility index (Phi) is 2.19. The van der Waals surface area contributed by atoms with E-state index in [0.29, 0.717) is 5.56 Å². The molecule has 0 bridgehead atoms. The van der Waals surface area contributed by atoms with Gasteiger partial charge in [0.2, 0.25) is 11.8 Å². The molecule has 1 saturated heterocycles. The van der Waals surface area contributed by atoms with Crippen LogP contribution in [0.15, 0.2) is 30.3 Å². The predicted octanol–water partition coefficient (Wildman–Crippen LogP) is 0.148. The molecule has 78 valence electrons. The molecule has 1 heterocycles. The number of carbonyl (C=O) groups is 2. The molecule has 2 amide bonds. The van der Waals surface area contributed by atoms with Crippen molar-refractivity contribution in [1.82, 2.24) is 10.6 Å². The van der Waals surface area contributed by atoms with Gasteiger partial charge in [0, 0.05) is 0 Å². The van der Waals surface area contributed by atoms with Crippen LogP contribution in [-0.4, -0.2) is 18.5 Å². The number of nitrogens with one attached hydrogen (secondary N) is 2. The fourth-order valence-electron chi connectivity index (χ4n) is 1.70. The SMILES string of the molecule is CC1(c2ccccc2)C(=O)NCNC1=O. The number of benzene rings is 1. The van der Waals surface area contributed by atoms with Gasteiger partial charge in [0.05, 0.1) is 6.67 Å². The van der Waals surface area contributed by atoms with Crippen LogP contribution in [-0.2, 0) is 15.0 Å². The summed E-state index contributed by atoms with van der Waals surface area (Å²) in [6, 6.07) is 9.05. The molecule has 2 N–H and O–H groups in total. The number of carbonyl (C=O) groups excluding carboxylic acids is 2. The van der Waals surface area contributed by atoms with Gasteiger partial charge in [0.25, 0.3) is 0 Å². The molecule has 1 aliphatic heterocycles. The maximum atomic E-state index is 11.8. The molecule has 0 spiro atoms. The molecule has 1 aromatic carbocycles. The Hall–Kier alpha value is -1.84. The quantitative estimate of drug-likeness (QED) is 0.640. The highest BCUT2D eigenvalue weighted by Crippen LogP contribution is 2.25. The lowest BCUT2D eigenvalue weighted by Crippen LogP contribution is -2.60. The predicted molar refractivity (Wildman–Crippen MR) is 54.9 cm³/mol. The van der Waals surface area contributed by atoms with E-state index in [9.17, 15) is 9.59 Å². The minimum atomic E-state index is -1.11. The fourth-order valence-corrected chi connectivity index (χ4v) is 1.70. The van der Waals surface area contributed by atoms with E-state index in [0.717, 1.165) is 0 Å². The van der Waals surface area contributed by atoms with Crippen molar-refractivity contribution in [3.8, 4) is 0 Å². The van der Waals surface area contributed by atoms with Crippen LogP contribution in [0, 0.1) is 0 Å². The first kappa shape index (κ1) is 9.71. The Morgan fingerprint density at radius 3 is 2.13 bits per heavy atom. The zero-order valence-electron chi connectivity index (χ0n) is 8.41. The maximum Gasteiger partial charge on any atom is 0.241 e. The van der Waals surface area contributed by atoms with E-state index < -0.39 is 5.41 Å². The largest absolute Gasteiger partial charge is 0.337 e. The third kappa shape index (κ3) is 1.38. The molecular weight excluding hydrogens is 192 g/mol. The van der Waals surface area contributed by atoms with E-state index in [1.54, 1.807) is 19.1 Å². The first-order chi connectivity index (χ1) is 7.15. The second kappa shape index (κ2) is 3.38. The Bertz CT molecular complexity index is 384. The van der Waals surface area contributed by atoms with Gasteiger partial charge in [-0.25, -0.2) is 0 Å². The molecule has 4 heteroatoms. The molecule has 0 saturated carbocycles. The molecule has 1 fully saturated rings. The Labute approximate surface area is 87.7 Å². The third-order valence-electron chi connectivity index (χ3n) is 2.76. The minimum Gasteiger partial charge on any atom is -0.337 e. The summed E-state index contributed by atoms with van der Waals surface area (Å²) in [6.45, 7) is 1.84. The molecule has 0 unspecified atom stereocenters. The number of amides is 2. The smallest absolute Gasteiger partial charge is 0.241 e. The van der Waals surface area contributed by atoms with Gasteiger partial charge in [-0.3, -0.25) is 9.59 Å². The summed E-state index contributed by atoms with van der Waals surface area (Å²) in [5, 5.41) is 5.26. The van der Waals surface area contributed by atoms with Gasteiger partial charge in [0.1, 0.15) is 5.41 Å². The number of hydrogen-bond acceptors (Lipinski definition) is 2. The second-order valence-corrected chi connectivity index (χ2v) is 3.68. The van der Waals surface area contributed by atoms with Crippen molar-refractivity contribution >= 4 is 11.8 Å². The van der Waals surface area contributed by atoms with E-state index in [-0.39, 0.29) is 18.5 Å². The van der Waals surface area contributed by atoms with Gasteiger partial charge in [-0.2, -0.15) is 0 Å². The van der Waals surface area contributed by atoms with Gasteiger partial charge in [-0.15, -0.1) is 0 Å². The lowest BCUT2D eigenvalue weighted by Gasteiger charge is -2.31. The van der Waals surface area contributed by atoms with Crippen LogP contribution in [0.4, 0.5) is 0 Å². The van der Waals surface area contributed by atoms with E-state index in [4.69, 9.17) is 0 Å². The first-order valence-electron chi connectivity index (χ1n) is 4.78. The Morgan fingerprint density at radius 1 is 1.07 bits per heavy atom. The van der Waals surface area contributed by atoms with E-state index >= 15 is 0 Å². The lowest BCUT2D eigenvalue weighted by atomic mass is 9.80. The Morgan fingerprint density at radius 2 is 1.60 bits per heavy atom. The van der Waals surface area contributed by atoms with Gasteiger partial charge in [-0.1, -0.05) is 30.3 Å². The molecule has 1 aliphatic rings. The highest BCUT2D eigenvalue weighted by atomic mass is 16.2. The molecule has 0 aromatic heterocycles. The van der Waals surface area contributed by atoms with Crippen molar-refractivity contribution in [3.63, 3.8) is 0 Å². The Balaban J connectivity index is 2.47. The van der Waals surface area contributed by atoms with E-state index in [1.807, 2.05) is 18.2 Å². The molecule has 0 atom stereocenters. The van der Waals surface area contributed by atoms with Crippen LogP contribution in [0.25, 0.3) is 0 Å². The zero-order chi connectivity index (χ0) is 10.9. The summed E-state index contributed by atoms with van der Waals surface area (Å²) in [6.07, 6.45) is 0. The standard InChI is InChI=1S/C11H12N2O2/c1-11(8-5-3-2-4-6-8)9(14)12-7-13-10(11)15/h2-6H,7H2,1H3,(H,12,14)(H,13,15). The monoisotopic (exact) mass is 204 g/mol. The van der Waals surface area contributed by atoms with E-state index in [2.05, 4.69) is 10.6 Å². The van der Waals surface area contributed by atoms with Gasteiger partial charge >= 0.3 is 0 Å². The molecule has 1 aromatic rings. The first-order valence-corrected chi connectivity index (χ1v) is 4.78. The van der Waals surface area contributed by atoms with Crippen molar-refractivity contribution in [2.75, 3.05) is 6.67 Å². The minimum absolute atomic E-state index is 0.208. The highest BCUT2D eigenvalue weighted by molar-refractivity contribution is 6.11. The third-order valence-corrected chi connectivity index (χ3v) is 2.76. The summed E-state index contributed by atoms with van der Waals surface area (Å²) in [7, 11) is 0. The molecule has 4 nitrogen and oxygen atoms in total. The summed E-state index contributed by atoms with van der Waals surface area (Å²) >= 11 is 0. The van der Waals surface area contributed by atoms with Crippen molar-refractivity contribution in [3.05, 3.63) is 35.9 Å². The van der Waals surface area contributed by atoms with Gasteiger partial charge in [0.15, 0.2) is 0 Å². The normalized spacial score (nSPS) is 19.3. The lowest BCUT2D eigenvalue weighted by molar-refractivity contribution is -0.140. The summed E-state index contributed by atoms with van der Waals surface area (Å²) in [4.78, 5) is 23.5. The van der Waals surface area contributed by atoms with E-state index in [1.165, 1.54) is 0 Å². The number of hydrogen-bond donors (Lipinski definition) is 2. The summed E-state index contributed by atoms with van der Waals surface area (Å²) in [5.74, 6) is -0.505. The fraction of sp³-hybridized carbons (Fsp3) is 0.273. The molecule has 2 rings (SSSR count). The topological polar surface area (TPSA) is 58.2 Å². The number of rotatable bonds is 1. The van der Waals surface area contributed by atoms with Crippen LogP contribution in [0.3, 0.4) is 0 Å². The second-order valence-electron chi connectivity index (χ2n) is 3.68. The van der Waals surface area contributed by atoms with Crippen LogP contribution < -0.4 is 10.6 Å². The molecule has 15 heavy (non-hydrogen) atoms. The van der Waals surface area contributed by atoms with Crippen LogP contribution in [0.1, 0.15) is 12.5 Å². The zero-order valence-corrected chi connectivity index (χ0v) is 8.41. The molecular formula is C11H12N2O2.